The summed E-state index contributed by atoms with van der Waals surface area (Å²) in [5, 5.41) is 3.60. The van der Waals surface area contributed by atoms with Gasteiger partial charge in [0.1, 0.15) is 5.76 Å². The second-order valence-electron chi connectivity index (χ2n) is 6.56. The number of nitrogens with zero attached hydrogens (tertiary/aromatic N) is 1. The van der Waals surface area contributed by atoms with Crippen molar-refractivity contribution >= 4 is 34.0 Å². The van der Waals surface area contributed by atoms with E-state index < -0.39 is 17.6 Å². The van der Waals surface area contributed by atoms with Crippen molar-refractivity contribution in [3.63, 3.8) is 0 Å². The van der Waals surface area contributed by atoms with Gasteiger partial charge in [-0.2, -0.15) is 13.2 Å². The summed E-state index contributed by atoms with van der Waals surface area (Å²) in [6.45, 7) is 0. The summed E-state index contributed by atoms with van der Waals surface area (Å²) >= 11 is 7.45. The molecule has 0 saturated heterocycles. The fourth-order valence-corrected chi connectivity index (χ4v) is 4.02. The number of hydrogen-bond acceptors (Lipinski definition) is 4. The van der Waals surface area contributed by atoms with Crippen LogP contribution in [0.5, 0.6) is 0 Å². The molecule has 9 heteroatoms. The fourth-order valence-electron chi connectivity index (χ4n) is 2.99. The molecule has 158 valence electrons. The van der Waals surface area contributed by atoms with Crippen LogP contribution in [0.2, 0.25) is 5.02 Å². The summed E-state index contributed by atoms with van der Waals surface area (Å²) in [5.41, 5.74) is -0.0320. The first kappa shape index (κ1) is 21.1. The monoisotopic (exact) mass is 462 g/mol. The maximum absolute atomic E-state index is 13.2. The third-order valence-electron chi connectivity index (χ3n) is 4.42. The summed E-state index contributed by atoms with van der Waals surface area (Å²) in [7, 11) is 0. The minimum absolute atomic E-state index is 0.0448. The molecule has 2 aromatic carbocycles. The van der Waals surface area contributed by atoms with E-state index in [9.17, 15) is 18.0 Å². The van der Waals surface area contributed by atoms with Gasteiger partial charge in [0.15, 0.2) is 10.9 Å². The van der Waals surface area contributed by atoms with Gasteiger partial charge < -0.3 is 4.42 Å². The lowest BCUT2D eigenvalue weighted by Crippen LogP contribution is -2.10. The van der Waals surface area contributed by atoms with Crippen molar-refractivity contribution in [2.24, 2.45) is 0 Å². The molecule has 0 aliphatic heterocycles. The minimum atomic E-state index is -4.54. The zero-order valence-corrected chi connectivity index (χ0v) is 17.3. The van der Waals surface area contributed by atoms with Gasteiger partial charge in [0.2, 0.25) is 0 Å². The van der Waals surface area contributed by atoms with Crippen LogP contribution in [-0.2, 0) is 12.6 Å². The Balaban J connectivity index is 1.49. The SMILES string of the molecule is O=C(Nc1ncc(Cc2ccccc2Cl)s1)c1ccc(-c2ccccc2C(F)(F)F)o1. The number of amides is 1. The summed E-state index contributed by atoms with van der Waals surface area (Å²) in [6, 6.07) is 15.1. The molecule has 0 unspecified atom stereocenters. The average molecular weight is 463 g/mol. The topological polar surface area (TPSA) is 55.1 Å². The molecule has 0 atom stereocenters. The number of halogens is 4. The number of thiazole rings is 1. The van der Waals surface area contributed by atoms with Crippen LogP contribution in [0.1, 0.15) is 26.6 Å². The van der Waals surface area contributed by atoms with Crippen LogP contribution >= 0.6 is 22.9 Å². The van der Waals surface area contributed by atoms with E-state index in [1.165, 1.54) is 41.7 Å². The highest BCUT2D eigenvalue weighted by Crippen LogP contribution is 2.37. The van der Waals surface area contributed by atoms with Crippen LogP contribution in [0.25, 0.3) is 11.3 Å². The van der Waals surface area contributed by atoms with E-state index in [4.69, 9.17) is 16.0 Å². The number of anilines is 1. The molecule has 0 radical (unpaired) electrons. The molecule has 1 N–H and O–H groups in total. The molecule has 0 aliphatic rings. The van der Waals surface area contributed by atoms with Gasteiger partial charge in [0.25, 0.3) is 5.91 Å². The fraction of sp³-hybridized carbons (Fsp3) is 0.0909. The van der Waals surface area contributed by atoms with E-state index >= 15 is 0 Å². The quantitative estimate of drug-likeness (QED) is 0.350. The second kappa shape index (κ2) is 8.56. The number of alkyl halides is 3. The molecule has 1 amide bonds. The molecule has 4 rings (SSSR count). The van der Waals surface area contributed by atoms with Crippen LogP contribution in [-0.4, -0.2) is 10.9 Å². The second-order valence-corrected chi connectivity index (χ2v) is 8.08. The maximum atomic E-state index is 13.2. The number of rotatable bonds is 5. The highest BCUT2D eigenvalue weighted by atomic mass is 35.5. The van der Waals surface area contributed by atoms with Gasteiger partial charge in [-0.1, -0.05) is 48.0 Å². The largest absolute Gasteiger partial charge is 0.451 e. The van der Waals surface area contributed by atoms with Gasteiger partial charge >= 0.3 is 6.18 Å². The van der Waals surface area contributed by atoms with Crippen LogP contribution in [0.3, 0.4) is 0 Å². The molecule has 0 fully saturated rings. The van der Waals surface area contributed by atoms with Crippen molar-refractivity contribution in [3.05, 3.63) is 93.6 Å². The molecular weight excluding hydrogens is 449 g/mol. The molecule has 0 bridgehead atoms. The Morgan fingerprint density at radius 1 is 1.06 bits per heavy atom. The number of nitrogens with one attached hydrogen (secondary N) is 1. The third kappa shape index (κ3) is 4.81. The summed E-state index contributed by atoms with van der Waals surface area (Å²) in [4.78, 5) is 17.5. The van der Waals surface area contributed by atoms with Gasteiger partial charge in [0, 0.05) is 28.1 Å². The molecule has 2 aromatic heterocycles. The number of carbonyl (C=O) groups is 1. The van der Waals surface area contributed by atoms with E-state index in [0.717, 1.165) is 16.5 Å². The number of carbonyl (C=O) groups excluding carboxylic acids is 1. The number of hydrogen-bond donors (Lipinski definition) is 1. The zero-order valence-electron chi connectivity index (χ0n) is 15.7. The molecular formula is C22H14ClF3N2O2S. The van der Waals surface area contributed by atoms with Crippen LogP contribution in [0, 0.1) is 0 Å². The van der Waals surface area contributed by atoms with E-state index in [0.29, 0.717) is 16.6 Å². The van der Waals surface area contributed by atoms with Gasteiger partial charge in [-0.15, -0.1) is 11.3 Å². The van der Waals surface area contributed by atoms with Crippen molar-refractivity contribution in [2.75, 3.05) is 5.32 Å². The molecule has 0 spiro atoms. The van der Waals surface area contributed by atoms with E-state index in [1.54, 1.807) is 12.3 Å². The normalized spacial score (nSPS) is 11.5. The van der Waals surface area contributed by atoms with Crippen molar-refractivity contribution in [2.45, 2.75) is 12.6 Å². The van der Waals surface area contributed by atoms with Crippen molar-refractivity contribution in [1.82, 2.24) is 4.98 Å². The molecule has 0 saturated carbocycles. The van der Waals surface area contributed by atoms with Crippen LogP contribution in [0.15, 0.2) is 71.3 Å². The lowest BCUT2D eigenvalue weighted by molar-refractivity contribution is -0.137. The number of benzene rings is 2. The smallest absolute Gasteiger partial charge is 0.417 e. The van der Waals surface area contributed by atoms with Crippen molar-refractivity contribution in [3.8, 4) is 11.3 Å². The first-order valence-electron chi connectivity index (χ1n) is 9.07. The first-order chi connectivity index (χ1) is 14.8. The Hall–Kier alpha value is -3.10. The Kier molecular flexibility index (Phi) is 5.84. The van der Waals surface area contributed by atoms with E-state index in [1.807, 2.05) is 18.2 Å². The van der Waals surface area contributed by atoms with Gasteiger partial charge in [-0.05, 0) is 29.8 Å². The predicted octanol–water partition coefficient (Wildman–Crippen LogP) is 6.92. The summed E-state index contributed by atoms with van der Waals surface area (Å²) in [5.74, 6) is -0.763. The lowest BCUT2D eigenvalue weighted by atomic mass is 10.1. The third-order valence-corrected chi connectivity index (χ3v) is 5.71. The lowest BCUT2D eigenvalue weighted by Gasteiger charge is -2.10. The average Bonchev–Trinajstić information content (AvgIpc) is 3.39. The van der Waals surface area contributed by atoms with E-state index in [-0.39, 0.29) is 17.1 Å². The number of aromatic nitrogens is 1. The van der Waals surface area contributed by atoms with Gasteiger partial charge in [0.05, 0.1) is 5.56 Å². The molecule has 31 heavy (non-hydrogen) atoms. The Labute approximate surface area is 184 Å². The Bertz CT molecular complexity index is 1230. The maximum Gasteiger partial charge on any atom is 0.417 e. The molecule has 0 aliphatic carbocycles. The summed E-state index contributed by atoms with van der Waals surface area (Å²) < 4.78 is 45.1. The standard InChI is InChI=1S/C22H14ClF3N2O2S/c23-17-8-4-1-5-13(17)11-14-12-27-21(31-14)28-20(29)19-10-9-18(30-19)15-6-2-3-7-16(15)22(24,25)26/h1-10,12H,11H2,(H,27,28,29). The Morgan fingerprint density at radius 2 is 1.81 bits per heavy atom. The highest BCUT2D eigenvalue weighted by Gasteiger charge is 2.34. The molecule has 2 heterocycles. The van der Waals surface area contributed by atoms with Crippen LogP contribution < -0.4 is 5.32 Å². The van der Waals surface area contributed by atoms with Gasteiger partial charge in [-0.25, -0.2) is 4.98 Å². The minimum Gasteiger partial charge on any atom is -0.451 e. The van der Waals surface area contributed by atoms with Crippen molar-refractivity contribution in [1.29, 1.82) is 0 Å². The highest BCUT2D eigenvalue weighted by molar-refractivity contribution is 7.15. The summed E-state index contributed by atoms with van der Waals surface area (Å²) in [6.07, 6.45) is -2.34. The van der Waals surface area contributed by atoms with Gasteiger partial charge in [-0.3, -0.25) is 10.1 Å². The molecule has 4 aromatic rings. The number of furan rings is 1. The first-order valence-corrected chi connectivity index (χ1v) is 10.3. The van der Waals surface area contributed by atoms with E-state index in [2.05, 4.69) is 10.3 Å². The van der Waals surface area contributed by atoms with Crippen LogP contribution in [0.4, 0.5) is 18.3 Å². The molecule has 4 nitrogen and oxygen atoms in total. The predicted molar refractivity (Wildman–Crippen MR) is 113 cm³/mol. The van der Waals surface area contributed by atoms with Crippen molar-refractivity contribution < 1.29 is 22.4 Å². The zero-order chi connectivity index (χ0) is 22.0. The Morgan fingerprint density at radius 3 is 2.58 bits per heavy atom.